The maximum Gasteiger partial charge on any atom is 0.312 e. The summed E-state index contributed by atoms with van der Waals surface area (Å²) in [5.41, 5.74) is 7.39. The minimum Gasteiger partial charge on any atom is -0.384 e. The number of nitrogens with two attached hydrogens (primary N) is 1. The molecule has 0 atom stereocenters. The number of primary amides is 1. The van der Waals surface area contributed by atoms with Gasteiger partial charge in [-0.1, -0.05) is 18.6 Å². The van der Waals surface area contributed by atoms with E-state index in [-0.39, 0.29) is 5.91 Å². The van der Waals surface area contributed by atoms with Gasteiger partial charge in [-0.3, -0.25) is 4.79 Å². The third-order valence-electron chi connectivity index (χ3n) is 2.69. The fourth-order valence-electron chi connectivity index (χ4n) is 1.72. The fourth-order valence-corrected chi connectivity index (χ4v) is 1.72. The van der Waals surface area contributed by atoms with Crippen LogP contribution in [0.25, 0.3) is 0 Å². The van der Waals surface area contributed by atoms with Gasteiger partial charge in [-0.2, -0.15) is 0 Å². The first-order valence-corrected chi connectivity index (χ1v) is 6.70. The number of aryl methyl sites for hydroxylation is 1. The van der Waals surface area contributed by atoms with Crippen molar-refractivity contribution in [2.45, 2.75) is 20.3 Å². The van der Waals surface area contributed by atoms with E-state index in [9.17, 15) is 9.59 Å². The predicted octanol–water partition coefficient (Wildman–Crippen LogP) is 1.22. The van der Waals surface area contributed by atoms with Gasteiger partial charge in [0.15, 0.2) is 0 Å². The highest BCUT2D eigenvalue weighted by molar-refractivity contribution is 5.99. The SMILES string of the molecule is CCCNc1ccc(C)cc1C(=O)NCCNC(N)=O. The molecule has 20 heavy (non-hydrogen) atoms. The number of hydrogen-bond acceptors (Lipinski definition) is 3. The van der Waals surface area contributed by atoms with Crippen molar-refractivity contribution in [3.63, 3.8) is 0 Å². The van der Waals surface area contributed by atoms with E-state index in [0.717, 1.165) is 24.2 Å². The van der Waals surface area contributed by atoms with Crippen LogP contribution in [0.3, 0.4) is 0 Å². The maximum absolute atomic E-state index is 12.1. The zero-order valence-corrected chi connectivity index (χ0v) is 12.0. The number of nitrogens with one attached hydrogen (secondary N) is 3. The second kappa shape index (κ2) is 8.04. The lowest BCUT2D eigenvalue weighted by Gasteiger charge is -2.12. The van der Waals surface area contributed by atoms with Crippen molar-refractivity contribution in [1.29, 1.82) is 0 Å². The van der Waals surface area contributed by atoms with Crippen LogP contribution in [-0.2, 0) is 0 Å². The van der Waals surface area contributed by atoms with Gasteiger partial charge in [0, 0.05) is 25.3 Å². The summed E-state index contributed by atoms with van der Waals surface area (Å²) in [5.74, 6) is -0.168. The van der Waals surface area contributed by atoms with E-state index in [2.05, 4.69) is 22.9 Å². The number of benzene rings is 1. The number of amides is 3. The molecule has 3 amide bonds. The third kappa shape index (κ3) is 5.17. The van der Waals surface area contributed by atoms with Gasteiger partial charge in [-0.15, -0.1) is 0 Å². The van der Waals surface area contributed by atoms with E-state index >= 15 is 0 Å². The molecule has 0 unspecified atom stereocenters. The Morgan fingerprint density at radius 2 is 1.85 bits per heavy atom. The monoisotopic (exact) mass is 278 g/mol. The molecule has 0 saturated carbocycles. The Balaban J connectivity index is 2.65. The summed E-state index contributed by atoms with van der Waals surface area (Å²) in [6, 6.07) is 5.11. The van der Waals surface area contributed by atoms with Crippen molar-refractivity contribution < 1.29 is 9.59 Å². The summed E-state index contributed by atoms with van der Waals surface area (Å²) < 4.78 is 0. The Morgan fingerprint density at radius 3 is 2.50 bits per heavy atom. The molecule has 0 bridgehead atoms. The Kier molecular flexibility index (Phi) is 6.36. The van der Waals surface area contributed by atoms with Gasteiger partial charge in [0.05, 0.1) is 5.56 Å². The molecule has 1 rings (SSSR count). The largest absolute Gasteiger partial charge is 0.384 e. The first-order valence-electron chi connectivity index (χ1n) is 6.70. The molecule has 0 radical (unpaired) electrons. The molecule has 0 aliphatic heterocycles. The molecular weight excluding hydrogens is 256 g/mol. The summed E-state index contributed by atoms with van der Waals surface area (Å²) in [7, 11) is 0. The second-order valence-corrected chi connectivity index (χ2v) is 4.52. The van der Waals surface area contributed by atoms with Gasteiger partial charge in [0.25, 0.3) is 5.91 Å². The number of urea groups is 1. The molecule has 0 fully saturated rings. The van der Waals surface area contributed by atoms with Gasteiger partial charge in [-0.25, -0.2) is 4.79 Å². The van der Waals surface area contributed by atoms with Gasteiger partial charge in [-0.05, 0) is 25.5 Å². The van der Waals surface area contributed by atoms with E-state index in [0.29, 0.717) is 18.7 Å². The minimum atomic E-state index is -0.597. The van der Waals surface area contributed by atoms with Crippen LogP contribution < -0.4 is 21.7 Å². The quantitative estimate of drug-likeness (QED) is 0.564. The average Bonchev–Trinajstić information content (AvgIpc) is 2.41. The van der Waals surface area contributed by atoms with E-state index in [1.165, 1.54) is 0 Å². The normalized spacial score (nSPS) is 9.90. The van der Waals surface area contributed by atoms with Crippen molar-refractivity contribution in [3.8, 4) is 0 Å². The summed E-state index contributed by atoms with van der Waals surface area (Å²) >= 11 is 0. The first kappa shape index (κ1) is 15.8. The molecule has 0 spiro atoms. The van der Waals surface area contributed by atoms with Crippen LogP contribution in [0.15, 0.2) is 18.2 Å². The van der Waals surface area contributed by atoms with E-state index in [1.54, 1.807) is 0 Å². The highest BCUT2D eigenvalue weighted by atomic mass is 16.2. The highest BCUT2D eigenvalue weighted by Gasteiger charge is 2.11. The molecule has 1 aromatic rings. The lowest BCUT2D eigenvalue weighted by molar-refractivity contribution is 0.0954. The molecule has 0 saturated heterocycles. The summed E-state index contributed by atoms with van der Waals surface area (Å²) in [5, 5.41) is 8.40. The standard InChI is InChI=1S/C14H22N4O2/c1-3-6-16-12-5-4-10(2)9-11(12)13(19)17-7-8-18-14(15)20/h4-5,9,16H,3,6-8H2,1-2H3,(H,17,19)(H3,15,18,20). The van der Waals surface area contributed by atoms with Crippen LogP contribution in [0.5, 0.6) is 0 Å². The van der Waals surface area contributed by atoms with Crippen LogP contribution in [-0.4, -0.2) is 31.6 Å². The smallest absolute Gasteiger partial charge is 0.312 e. The lowest BCUT2D eigenvalue weighted by Crippen LogP contribution is -2.37. The fraction of sp³-hybridized carbons (Fsp3) is 0.429. The Bertz CT molecular complexity index is 474. The van der Waals surface area contributed by atoms with Crippen LogP contribution in [0.1, 0.15) is 29.3 Å². The van der Waals surface area contributed by atoms with Crippen molar-refractivity contribution in [2.24, 2.45) is 5.73 Å². The zero-order chi connectivity index (χ0) is 15.0. The molecule has 6 heteroatoms. The van der Waals surface area contributed by atoms with Crippen molar-refractivity contribution in [1.82, 2.24) is 10.6 Å². The van der Waals surface area contributed by atoms with Gasteiger partial charge in [0.2, 0.25) is 0 Å². The molecular formula is C14H22N4O2. The Hall–Kier alpha value is -2.24. The zero-order valence-electron chi connectivity index (χ0n) is 12.0. The summed E-state index contributed by atoms with van der Waals surface area (Å²) in [6.45, 7) is 5.46. The maximum atomic E-state index is 12.1. The number of carbonyl (C=O) groups excluding carboxylic acids is 2. The van der Waals surface area contributed by atoms with Crippen LogP contribution in [0.2, 0.25) is 0 Å². The number of anilines is 1. The van der Waals surface area contributed by atoms with Crippen LogP contribution in [0, 0.1) is 6.92 Å². The van der Waals surface area contributed by atoms with Crippen molar-refractivity contribution in [3.05, 3.63) is 29.3 Å². The molecule has 1 aromatic carbocycles. The number of carbonyl (C=O) groups is 2. The average molecular weight is 278 g/mol. The van der Waals surface area contributed by atoms with Crippen molar-refractivity contribution >= 4 is 17.6 Å². The topological polar surface area (TPSA) is 96.2 Å². The van der Waals surface area contributed by atoms with E-state index < -0.39 is 6.03 Å². The highest BCUT2D eigenvalue weighted by Crippen LogP contribution is 2.17. The van der Waals surface area contributed by atoms with E-state index in [1.807, 2.05) is 25.1 Å². The third-order valence-corrected chi connectivity index (χ3v) is 2.69. The van der Waals surface area contributed by atoms with E-state index in [4.69, 9.17) is 5.73 Å². The lowest BCUT2D eigenvalue weighted by atomic mass is 10.1. The Morgan fingerprint density at radius 1 is 1.15 bits per heavy atom. The minimum absolute atomic E-state index is 0.168. The van der Waals surface area contributed by atoms with Crippen LogP contribution in [0.4, 0.5) is 10.5 Å². The predicted molar refractivity (Wildman–Crippen MR) is 79.9 cm³/mol. The second-order valence-electron chi connectivity index (χ2n) is 4.52. The van der Waals surface area contributed by atoms with Gasteiger partial charge >= 0.3 is 6.03 Å². The molecule has 110 valence electrons. The number of hydrogen-bond donors (Lipinski definition) is 4. The van der Waals surface area contributed by atoms with Gasteiger partial charge in [0.1, 0.15) is 0 Å². The van der Waals surface area contributed by atoms with Crippen LogP contribution >= 0.6 is 0 Å². The molecule has 5 N–H and O–H groups in total. The number of rotatable bonds is 7. The summed E-state index contributed by atoms with van der Waals surface area (Å²) in [6.07, 6.45) is 0.984. The molecule has 0 aliphatic carbocycles. The molecule has 6 nitrogen and oxygen atoms in total. The molecule has 0 aromatic heterocycles. The molecule has 0 aliphatic rings. The Labute approximate surface area is 119 Å². The first-order chi connectivity index (χ1) is 9.54. The molecule has 0 heterocycles. The van der Waals surface area contributed by atoms with Crippen molar-refractivity contribution in [2.75, 3.05) is 25.0 Å². The van der Waals surface area contributed by atoms with Gasteiger partial charge < -0.3 is 21.7 Å². The summed E-state index contributed by atoms with van der Waals surface area (Å²) in [4.78, 5) is 22.6.